The van der Waals surface area contributed by atoms with Crippen LogP contribution < -0.4 is 0 Å². The standard InChI is InChI=1S/C13H15Cl2NO/c14-8-9-16(10-4-3-5-10)13(17)11-6-1-2-7-12(11)15/h1-2,6-7,10H,3-5,8-9H2. The minimum absolute atomic E-state index is 0.000880. The fourth-order valence-corrected chi connectivity index (χ4v) is 2.43. The molecule has 2 rings (SSSR count). The number of carbonyl (C=O) groups excluding carboxylic acids is 1. The minimum Gasteiger partial charge on any atom is -0.334 e. The largest absolute Gasteiger partial charge is 0.334 e. The summed E-state index contributed by atoms with van der Waals surface area (Å²) in [6.45, 7) is 0.594. The molecule has 0 N–H and O–H groups in total. The van der Waals surface area contributed by atoms with Crippen LogP contribution in [0, 0.1) is 0 Å². The highest BCUT2D eigenvalue weighted by molar-refractivity contribution is 6.33. The second kappa shape index (κ2) is 5.74. The normalized spacial score (nSPS) is 15.4. The van der Waals surface area contributed by atoms with Crippen molar-refractivity contribution in [2.75, 3.05) is 12.4 Å². The van der Waals surface area contributed by atoms with Gasteiger partial charge in [-0.1, -0.05) is 23.7 Å². The third-order valence-electron chi connectivity index (χ3n) is 3.21. The Morgan fingerprint density at radius 3 is 2.59 bits per heavy atom. The number of halogens is 2. The highest BCUT2D eigenvalue weighted by atomic mass is 35.5. The molecule has 0 heterocycles. The van der Waals surface area contributed by atoms with Gasteiger partial charge in [-0.2, -0.15) is 0 Å². The molecule has 0 saturated heterocycles. The monoisotopic (exact) mass is 271 g/mol. The van der Waals surface area contributed by atoms with E-state index in [2.05, 4.69) is 0 Å². The van der Waals surface area contributed by atoms with Gasteiger partial charge in [-0.15, -0.1) is 11.6 Å². The molecule has 0 aromatic heterocycles. The molecule has 1 saturated carbocycles. The van der Waals surface area contributed by atoms with E-state index in [1.54, 1.807) is 12.1 Å². The van der Waals surface area contributed by atoms with Gasteiger partial charge in [-0.3, -0.25) is 4.79 Å². The molecule has 1 aliphatic carbocycles. The fraction of sp³-hybridized carbons (Fsp3) is 0.462. The summed E-state index contributed by atoms with van der Waals surface area (Å²) in [5.74, 6) is 0.466. The van der Waals surface area contributed by atoms with Gasteiger partial charge in [0.1, 0.15) is 0 Å². The van der Waals surface area contributed by atoms with Crippen LogP contribution in [-0.2, 0) is 0 Å². The molecule has 92 valence electrons. The van der Waals surface area contributed by atoms with E-state index in [0.29, 0.717) is 29.1 Å². The molecule has 1 aromatic rings. The summed E-state index contributed by atoms with van der Waals surface area (Å²) in [7, 11) is 0. The Morgan fingerprint density at radius 2 is 2.06 bits per heavy atom. The molecule has 1 aliphatic rings. The number of amides is 1. The molecule has 0 bridgehead atoms. The van der Waals surface area contributed by atoms with Crippen molar-refractivity contribution in [2.45, 2.75) is 25.3 Å². The molecule has 1 fully saturated rings. The number of carbonyl (C=O) groups is 1. The van der Waals surface area contributed by atoms with Gasteiger partial charge >= 0.3 is 0 Å². The first kappa shape index (κ1) is 12.7. The van der Waals surface area contributed by atoms with Crippen molar-refractivity contribution in [1.82, 2.24) is 4.90 Å². The van der Waals surface area contributed by atoms with Crippen LogP contribution in [-0.4, -0.2) is 29.3 Å². The fourth-order valence-electron chi connectivity index (χ4n) is 2.03. The summed E-state index contributed by atoms with van der Waals surface area (Å²) in [6.07, 6.45) is 3.35. The highest BCUT2D eigenvalue weighted by Gasteiger charge is 2.29. The van der Waals surface area contributed by atoms with E-state index in [1.807, 2.05) is 17.0 Å². The molecule has 0 atom stereocenters. The van der Waals surface area contributed by atoms with Crippen LogP contribution >= 0.6 is 23.2 Å². The molecular formula is C13H15Cl2NO. The second-order valence-corrected chi connectivity index (χ2v) is 5.04. The van der Waals surface area contributed by atoms with E-state index in [0.717, 1.165) is 12.8 Å². The van der Waals surface area contributed by atoms with Gasteiger partial charge in [0, 0.05) is 18.5 Å². The van der Waals surface area contributed by atoms with Crippen molar-refractivity contribution < 1.29 is 4.79 Å². The van der Waals surface area contributed by atoms with Gasteiger partial charge in [0.05, 0.1) is 10.6 Å². The summed E-state index contributed by atoms with van der Waals surface area (Å²) < 4.78 is 0. The molecule has 2 nitrogen and oxygen atoms in total. The molecule has 0 radical (unpaired) electrons. The summed E-state index contributed by atoms with van der Waals surface area (Å²) in [5, 5.41) is 0.511. The first-order chi connectivity index (χ1) is 8.24. The SMILES string of the molecule is O=C(c1ccccc1Cl)N(CCCl)C1CCC1. The van der Waals surface area contributed by atoms with E-state index < -0.39 is 0 Å². The van der Waals surface area contributed by atoms with Crippen LogP contribution in [0.2, 0.25) is 5.02 Å². The quantitative estimate of drug-likeness (QED) is 0.767. The van der Waals surface area contributed by atoms with Crippen LogP contribution in [0.15, 0.2) is 24.3 Å². The molecule has 1 aromatic carbocycles. The predicted octanol–water partition coefficient (Wildman–Crippen LogP) is 3.57. The van der Waals surface area contributed by atoms with Gasteiger partial charge in [0.2, 0.25) is 0 Å². The van der Waals surface area contributed by atoms with Gasteiger partial charge < -0.3 is 4.90 Å². The first-order valence-electron chi connectivity index (χ1n) is 5.85. The Kier molecular flexibility index (Phi) is 4.30. The Balaban J connectivity index is 2.18. The summed E-state index contributed by atoms with van der Waals surface area (Å²) in [4.78, 5) is 14.2. The molecule has 1 amide bonds. The zero-order valence-corrected chi connectivity index (χ0v) is 11.0. The molecule has 0 unspecified atom stereocenters. The van der Waals surface area contributed by atoms with Crippen molar-refractivity contribution in [3.63, 3.8) is 0 Å². The summed E-state index contributed by atoms with van der Waals surface area (Å²) >= 11 is 11.8. The lowest BCUT2D eigenvalue weighted by Crippen LogP contribution is -2.45. The zero-order chi connectivity index (χ0) is 12.3. The van der Waals surface area contributed by atoms with Crippen LogP contribution in [0.3, 0.4) is 0 Å². The van der Waals surface area contributed by atoms with E-state index >= 15 is 0 Å². The number of hydrogen-bond donors (Lipinski definition) is 0. The van der Waals surface area contributed by atoms with Crippen LogP contribution in [0.25, 0.3) is 0 Å². The van der Waals surface area contributed by atoms with Crippen molar-refractivity contribution in [2.24, 2.45) is 0 Å². The average molecular weight is 272 g/mol. The first-order valence-corrected chi connectivity index (χ1v) is 6.76. The van der Waals surface area contributed by atoms with E-state index in [4.69, 9.17) is 23.2 Å². The molecule has 0 spiro atoms. The Labute approximate surface area is 112 Å². The smallest absolute Gasteiger partial charge is 0.255 e. The third-order valence-corrected chi connectivity index (χ3v) is 3.70. The van der Waals surface area contributed by atoms with Crippen molar-refractivity contribution in [3.8, 4) is 0 Å². The van der Waals surface area contributed by atoms with Gasteiger partial charge in [-0.25, -0.2) is 0 Å². The lowest BCUT2D eigenvalue weighted by Gasteiger charge is -2.37. The Morgan fingerprint density at radius 1 is 1.35 bits per heavy atom. The molecule has 17 heavy (non-hydrogen) atoms. The van der Waals surface area contributed by atoms with Crippen molar-refractivity contribution in [3.05, 3.63) is 34.9 Å². The Hall–Kier alpha value is -0.730. The van der Waals surface area contributed by atoms with Crippen LogP contribution in [0.4, 0.5) is 0 Å². The third kappa shape index (κ3) is 2.75. The maximum Gasteiger partial charge on any atom is 0.255 e. The number of alkyl halides is 1. The van der Waals surface area contributed by atoms with E-state index in [-0.39, 0.29) is 5.91 Å². The zero-order valence-electron chi connectivity index (χ0n) is 9.53. The topological polar surface area (TPSA) is 20.3 Å². The number of hydrogen-bond acceptors (Lipinski definition) is 1. The molecule has 4 heteroatoms. The van der Waals surface area contributed by atoms with Crippen molar-refractivity contribution >= 4 is 29.1 Å². The van der Waals surface area contributed by atoms with Crippen LogP contribution in [0.5, 0.6) is 0 Å². The van der Waals surface area contributed by atoms with E-state index in [1.165, 1.54) is 6.42 Å². The highest BCUT2D eigenvalue weighted by Crippen LogP contribution is 2.27. The average Bonchev–Trinajstić information content (AvgIpc) is 2.26. The van der Waals surface area contributed by atoms with Crippen molar-refractivity contribution in [1.29, 1.82) is 0 Å². The van der Waals surface area contributed by atoms with E-state index in [9.17, 15) is 4.79 Å². The summed E-state index contributed by atoms with van der Waals surface area (Å²) in [6, 6.07) is 7.52. The van der Waals surface area contributed by atoms with Gasteiger partial charge in [-0.05, 0) is 31.4 Å². The number of rotatable bonds is 4. The molecule has 0 aliphatic heterocycles. The Bertz CT molecular complexity index is 404. The predicted molar refractivity (Wildman–Crippen MR) is 70.8 cm³/mol. The number of benzene rings is 1. The maximum atomic E-state index is 12.4. The van der Waals surface area contributed by atoms with Gasteiger partial charge in [0.15, 0.2) is 0 Å². The second-order valence-electron chi connectivity index (χ2n) is 4.25. The lowest BCUT2D eigenvalue weighted by atomic mass is 9.91. The van der Waals surface area contributed by atoms with Gasteiger partial charge in [0.25, 0.3) is 5.91 Å². The maximum absolute atomic E-state index is 12.4. The minimum atomic E-state index is 0.000880. The summed E-state index contributed by atoms with van der Waals surface area (Å²) in [5.41, 5.74) is 0.575. The van der Waals surface area contributed by atoms with Crippen LogP contribution in [0.1, 0.15) is 29.6 Å². The molecular weight excluding hydrogens is 257 g/mol. The number of nitrogens with zero attached hydrogens (tertiary/aromatic N) is 1. The lowest BCUT2D eigenvalue weighted by molar-refractivity contribution is 0.0598.